The van der Waals surface area contributed by atoms with Crippen molar-refractivity contribution in [2.75, 3.05) is 0 Å². The van der Waals surface area contributed by atoms with Gasteiger partial charge in [0.1, 0.15) is 11.5 Å². The molecule has 0 unspecified atom stereocenters. The molecule has 49 heavy (non-hydrogen) atoms. The van der Waals surface area contributed by atoms with Gasteiger partial charge >= 0.3 is 8.53 Å². The Bertz CT molecular complexity index is 1960. The van der Waals surface area contributed by atoms with E-state index in [9.17, 15) is 0 Å². The lowest BCUT2D eigenvalue weighted by molar-refractivity contribution is 0.244. The highest BCUT2D eigenvalue weighted by Crippen LogP contribution is 2.66. The smallest absolute Gasteiger partial charge is 0.385 e. The maximum atomic E-state index is 7.63. The Balaban J connectivity index is 1.33. The van der Waals surface area contributed by atoms with E-state index in [-0.39, 0.29) is 17.5 Å². The summed E-state index contributed by atoms with van der Waals surface area (Å²) in [6, 6.07) is 52.5. The highest BCUT2D eigenvalue weighted by molar-refractivity contribution is 7.45. The summed E-state index contributed by atoms with van der Waals surface area (Å²) in [6.07, 6.45) is 4.22. The van der Waals surface area contributed by atoms with Gasteiger partial charge in [0.15, 0.2) is 0 Å². The molecule has 4 heteroatoms. The first kappa shape index (κ1) is 30.4. The van der Waals surface area contributed by atoms with Crippen LogP contribution in [0.5, 0.6) is 11.5 Å². The Hall–Kier alpha value is -4.69. The quantitative estimate of drug-likeness (QED) is 0.160. The molecule has 0 radical (unpaired) electrons. The molecular weight excluding hydrogens is 617 g/mol. The molecule has 0 saturated heterocycles. The van der Waals surface area contributed by atoms with E-state index in [1.165, 1.54) is 44.5 Å². The minimum absolute atomic E-state index is 0.0144. The predicted octanol–water partition coefficient (Wildman–Crippen LogP) is 12.0. The molecular formula is C45H40NO2P. The number of hydrogen-bond acceptors (Lipinski definition) is 3. The molecule has 3 aliphatic rings. The molecule has 6 aromatic carbocycles. The summed E-state index contributed by atoms with van der Waals surface area (Å²) >= 11 is 0. The molecule has 3 nitrogen and oxygen atoms in total. The average Bonchev–Trinajstić information content (AvgIpc) is 3.73. The Kier molecular flexibility index (Phi) is 7.64. The van der Waals surface area contributed by atoms with Crippen molar-refractivity contribution in [3.8, 4) is 33.8 Å². The van der Waals surface area contributed by atoms with Crippen molar-refractivity contribution < 1.29 is 9.05 Å². The molecule has 1 spiro atoms. The molecule has 0 amide bonds. The van der Waals surface area contributed by atoms with Crippen LogP contribution in [0.4, 0.5) is 0 Å². The molecule has 0 aromatic heterocycles. The Labute approximate surface area is 291 Å². The molecule has 1 heterocycles. The van der Waals surface area contributed by atoms with Gasteiger partial charge in [0.05, 0.1) is 0 Å². The minimum atomic E-state index is -1.67. The van der Waals surface area contributed by atoms with Crippen LogP contribution in [-0.4, -0.2) is 4.67 Å². The van der Waals surface area contributed by atoms with E-state index in [1.807, 2.05) is 0 Å². The molecule has 1 aliphatic heterocycles. The lowest BCUT2D eigenvalue weighted by atomic mass is 9.74. The van der Waals surface area contributed by atoms with Gasteiger partial charge in [0.25, 0.3) is 0 Å². The van der Waals surface area contributed by atoms with E-state index >= 15 is 0 Å². The maximum absolute atomic E-state index is 7.63. The van der Waals surface area contributed by atoms with Gasteiger partial charge in [-0.15, -0.1) is 0 Å². The Morgan fingerprint density at radius 3 is 1.31 bits per heavy atom. The second-order valence-corrected chi connectivity index (χ2v) is 15.0. The van der Waals surface area contributed by atoms with E-state index in [0.29, 0.717) is 0 Å². The van der Waals surface area contributed by atoms with E-state index in [1.54, 1.807) is 0 Å². The van der Waals surface area contributed by atoms with Gasteiger partial charge < -0.3 is 9.05 Å². The molecule has 9 rings (SSSR count). The summed E-state index contributed by atoms with van der Waals surface area (Å²) in [4.78, 5) is 0. The third kappa shape index (κ3) is 5.02. The fourth-order valence-electron chi connectivity index (χ4n) is 8.69. The summed E-state index contributed by atoms with van der Waals surface area (Å²) in [5.74, 6) is 2.00. The van der Waals surface area contributed by atoms with Gasteiger partial charge in [-0.2, -0.15) is 0 Å². The molecule has 2 aliphatic carbocycles. The van der Waals surface area contributed by atoms with Crippen molar-refractivity contribution in [2.24, 2.45) is 0 Å². The molecule has 242 valence electrons. The maximum Gasteiger partial charge on any atom is 0.385 e. The van der Waals surface area contributed by atoms with E-state index < -0.39 is 8.53 Å². The van der Waals surface area contributed by atoms with Crippen molar-refractivity contribution in [3.63, 3.8) is 0 Å². The van der Waals surface area contributed by atoms with E-state index in [0.717, 1.165) is 48.3 Å². The average molecular weight is 658 g/mol. The van der Waals surface area contributed by atoms with Crippen LogP contribution in [0, 0.1) is 0 Å². The Morgan fingerprint density at radius 2 is 0.898 bits per heavy atom. The number of hydrogen-bond donors (Lipinski definition) is 0. The highest BCUT2D eigenvalue weighted by atomic mass is 31.2. The van der Waals surface area contributed by atoms with Crippen LogP contribution >= 0.6 is 8.53 Å². The molecule has 0 bridgehead atoms. The van der Waals surface area contributed by atoms with Crippen molar-refractivity contribution in [1.82, 2.24) is 4.67 Å². The van der Waals surface area contributed by atoms with Gasteiger partial charge in [0.2, 0.25) is 0 Å². The van der Waals surface area contributed by atoms with Gasteiger partial charge in [-0.05, 0) is 72.9 Å². The van der Waals surface area contributed by atoms with Crippen LogP contribution in [0.3, 0.4) is 0 Å². The summed E-state index contributed by atoms with van der Waals surface area (Å²) in [7, 11) is -1.67. The lowest BCUT2D eigenvalue weighted by Gasteiger charge is -2.42. The second kappa shape index (κ2) is 12.3. The fourth-order valence-corrected chi connectivity index (χ4v) is 10.4. The molecule has 6 aromatic rings. The number of nitrogens with zero attached hydrogens (tertiary/aromatic N) is 1. The van der Waals surface area contributed by atoms with Gasteiger partial charge in [-0.3, -0.25) is 0 Å². The zero-order valence-electron chi connectivity index (χ0n) is 28.1. The minimum Gasteiger partial charge on any atom is -0.426 e. The van der Waals surface area contributed by atoms with Crippen molar-refractivity contribution in [1.29, 1.82) is 0 Å². The first-order valence-electron chi connectivity index (χ1n) is 17.6. The molecule has 2 atom stereocenters. The highest BCUT2D eigenvalue weighted by Gasteiger charge is 2.52. The number of aryl methyl sites for hydroxylation is 2. The number of rotatable bonds is 7. The monoisotopic (exact) mass is 657 g/mol. The molecule has 0 saturated carbocycles. The predicted molar refractivity (Wildman–Crippen MR) is 201 cm³/mol. The Morgan fingerprint density at radius 1 is 0.510 bits per heavy atom. The first-order valence-corrected chi connectivity index (χ1v) is 18.7. The summed E-state index contributed by atoms with van der Waals surface area (Å²) in [5.41, 5.74) is 12.6. The SMILES string of the molecule is C[C@H](c1ccccc1)N([C@H](C)c1ccccc1)P1Oc2c(-c3ccccc3)ccc3c2C2(CC3)CCc3ccc(-c4ccccc4)c(c32)O1. The van der Waals surface area contributed by atoms with Gasteiger partial charge in [0, 0.05) is 39.8 Å². The van der Waals surface area contributed by atoms with Crippen LogP contribution in [0.1, 0.15) is 72.2 Å². The molecule has 0 fully saturated rings. The largest absolute Gasteiger partial charge is 0.426 e. The van der Waals surface area contributed by atoms with Gasteiger partial charge in [-0.25, -0.2) is 4.67 Å². The summed E-state index contributed by atoms with van der Waals surface area (Å²) in [5, 5.41) is 0. The number of benzene rings is 6. The van der Waals surface area contributed by atoms with Crippen LogP contribution < -0.4 is 9.05 Å². The zero-order valence-corrected chi connectivity index (χ0v) is 28.9. The van der Waals surface area contributed by atoms with Crippen molar-refractivity contribution in [3.05, 3.63) is 179 Å². The summed E-state index contributed by atoms with van der Waals surface area (Å²) < 4.78 is 17.8. The van der Waals surface area contributed by atoms with Crippen LogP contribution in [-0.2, 0) is 18.3 Å². The van der Waals surface area contributed by atoms with Crippen LogP contribution in [0.15, 0.2) is 146 Å². The van der Waals surface area contributed by atoms with E-state index in [2.05, 4.69) is 164 Å². The van der Waals surface area contributed by atoms with Crippen LogP contribution in [0.2, 0.25) is 0 Å². The third-order valence-corrected chi connectivity index (χ3v) is 12.9. The third-order valence-electron chi connectivity index (χ3n) is 11.1. The summed E-state index contributed by atoms with van der Waals surface area (Å²) in [6.45, 7) is 4.60. The lowest BCUT2D eigenvalue weighted by Crippen LogP contribution is -2.32. The standard InChI is InChI=1S/C45H40NO2P/c1-31(33-15-7-3-8-16-33)46(32(2)34-17-9-4-10-18-34)49-47-43-39(35-19-11-5-12-20-35)25-23-37-27-29-45(41(37)43)30-28-38-24-26-40(44(48-49)42(38)45)36-21-13-6-14-22-36/h3-26,31-32H,27-30H2,1-2H3/t31-,32-,45?/m1/s1. The normalized spacial score (nSPS) is 16.9. The second-order valence-electron chi connectivity index (χ2n) is 13.7. The van der Waals surface area contributed by atoms with E-state index in [4.69, 9.17) is 9.05 Å². The van der Waals surface area contributed by atoms with Crippen molar-refractivity contribution in [2.45, 2.75) is 57.0 Å². The molecule has 0 N–H and O–H groups in total. The van der Waals surface area contributed by atoms with Gasteiger partial charge in [-0.1, -0.05) is 146 Å². The van der Waals surface area contributed by atoms with Crippen LogP contribution in [0.25, 0.3) is 22.3 Å². The fraction of sp³-hybridized carbons (Fsp3) is 0.200. The topological polar surface area (TPSA) is 21.7 Å². The van der Waals surface area contributed by atoms with Crippen molar-refractivity contribution >= 4 is 8.53 Å². The first-order chi connectivity index (χ1) is 24.1. The zero-order chi connectivity index (χ0) is 33.0.